The number of hydrogen-bond donors (Lipinski definition) is 14. The molecule has 0 aromatic carbocycles. The van der Waals surface area contributed by atoms with E-state index in [4.69, 9.17) is 33.8 Å². The molecule has 344 valence electrons. The maximum Gasteiger partial charge on any atom is 0.325 e. The van der Waals surface area contributed by atoms with Crippen LogP contribution in [0.3, 0.4) is 0 Å². The lowest BCUT2D eigenvalue weighted by atomic mass is 10.00. The van der Waals surface area contributed by atoms with Crippen molar-refractivity contribution in [3.05, 3.63) is 0 Å². The number of hydrogen-bond acceptors (Lipinski definition) is 11. The molecule has 0 saturated heterocycles. The van der Waals surface area contributed by atoms with Crippen molar-refractivity contribution in [3.63, 3.8) is 0 Å². The van der Waals surface area contributed by atoms with Gasteiger partial charge in [-0.15, -0.1) is 0 Å². The Labute approximate surface area is 350 Å². The van der Waals surface area contributed by atoms with E-state index in [0.717, 1.165) is 0 Å². The van der Waals surface area contributed by atoms with Crippen LogP contribution in [0, 0.1) is 17.8 Å². The summed E-state index contributed by atoms with van der Waals surface area (Å²) in [6.07, 6.45) is -0.678. The monoisotopic (exact) mass is 877 g/mol. The summed E-state index contributed by atoms with van der Waals surface area (Å²) in [6, 6.07) is -7.77. The third kappa shape index (κ3) is 24.8. The lowest BCUT2D eigenvalue weighted by molar-refractivity contribution is -0.138. The highest BCUT2D eigenvalue weighted by atomic mass is 31.2. The highest BCUT2D eigenvalue weighted by Crippen LogP contribution is 2.35. The number of aliphatic imine (C=N–C) groups is 2. The molecular weight excluding hydrogens is 809 g/mol. The zero-order valence-corrected chi connectivity index (χ0v) is 36.2. The fraction of sp³-hybridized carbons (Fsp3) is 0.743. The first-order valence-corrected chi connectivity index (χ1v) is 21.5. The van der Waals surface area contributed by atoms with Gasteiger partial charge < -0.3 is 75.5 Å². The van der Waals surface area contributed by atoms with Crippen LogP contribution in [0.5, 0.6) is 0 Å². The van der Waals surface area contributed by atoms with Gasteiger partial charge in [0.2, 0.25) is 35.4 Å². The molecule has 0 rings (SSSR count). The third-order valence-corrected chi connectivity index (χ3v) is 9.40. The molecule has 0 aliphatic heterocycles. The zero-order valence-electron chi connectivity index (χ0n) is 35.3. The van der Waals surface area contributed by atoms with Crippen molar-refractivity contribution in [1.29, 1.82) is 0 Å². The quantitative estimate of drug-likeness (QED) is 0.0149. The van der Waals surface area contributed by atoms with E-state index in [-0.39, 0.29) is 68.9 Å². The first-order valence-electron chi connectivity index (χ1n) is 19.7. The SMILES string of the molecule is CC(C)C[C@H](NC(=O)[C@H](CCP(=O)(O)O)NC(=O)[C@@H](NC(=O)[C@H](CCCN=C(N)N)NC(=O)[C@H](CCCN=C(N)N)NC(=O)[C@@H](N)CC(C)C)C(C)C)C(=O)NCC(=O)O. The van der Waals surface area contributed by atoms with E-state index in [1.165, 1.54) is 0 Å². The van der Waals surface area contributed by atoms with Gasteiger partial charge in [-0.1, -0.05) is 41.5 Å². The number of nitrogens with zero attached hydrogens (tertiary/aromatic N) is 2. The molecule has 60 heavy (non-hydrogen) atoms. The van der Waals surface area contributed by atoms with Crippen LogP contribution in [0.1, 0.15) is 86.5 Å². The van der Waals surface area contributed by atoms with Crippen molar-refractivity contribution in [2.24, 2.45) is 56.4 Å². The molecule has 0 aliphatic rings. The Morgan fingerprint density at radius 1 is 0.583 bits per heavy atom. The van der Waals surface area contributed by atoms with Crippen molar-refractivity contribution in [2.75, 3.05) is 25.8 Å². The third-order valence-electron chi connectivity index (χ3n) is 8.56. The summed E-state index contributed by atoms with van der Waals surface area (Å²) in [5, 5.41) is 23.8. The van der Waals surface area contributed by atoms with Gasteiger partial charge in [-0.2, -0.15) is 0 Å². The van der Waals surface area contributed by atoms with Crippen LogP contribution in [0.2, 0.25) is 0 Å². The number of aliphatic carboxylic acids is 1. The van der Waals surface area contributed by atoms with Gasteiger partial charge in [0.25, 0.3) is 0 Å². The van der Waals surface area contributed by atoms with Crippen LogP contribution in [-0.4, -0.2) is 130 Å². The maximum absolute atomic E-state index is 13.9. The summed E-state index contributed by atoms with van der Waals surface area (Å²) in [6.45, 7) is 9.78. The Kier molecular flexibility index (Phi) is 25.3. The molecule has 0 aromatic rings. The standard InChI is InChI=1S/C35H68N13O11P/c1-18(2)15-21(36)28(51)44-22(9-7-12-41-34(37)38)30(53)45-23(10-8-13-42-35(39)40)32(55)48-27(20(5)6)33(56)46-24(11-14-60(57,58)59)31(54)47-25(16-19(3)4)29(52)43-17-26(49)50/h18-25,27H,7-17,36H2,1-6H3,(H,43,52)(H,44,51)(H,45,53)(H,46,56)(H,47,54)(H,48,55)(H,49,50)(H4,37,38,41)(H4,39,40,42)(H2,57,58,59)/t21-,22-,23-,24-,25-,27-/m0/s1. The van der Waals surface area contributed by atoms with Crippen molar-refractivity contribution in [3.8, 4) is 0 Å². The second-order valence-corrected chi connectivity index (χ2v) is 17.3. The summed E-state index contributed by atoms with van der Waals surface area (Å²) in [7, 11) is -4.72. The number of amides is 6. The van der Waals surface area contributed by atoms with Gasteiger partial charge in [0.15, 0.2) is 11.9 Å². The van der Waals surface area contributed by atoms with E-state index < -0.39 is 110 Å². The van der Waals surface area contributed by atoms with Gasteiger partial charge in [-0.25, -0.2) is 0 Å². The minimum Gasteiger partial charge on any atom is -0.480 e. The molecule has 0 aliphatic carbocycles. The van der Waals surface area contributed by atoms with Crippen LogP contribution in [0.25, 0.3) is 0 Å². The second-order valence-electron chi connectivity index (χ2n) is 15.5. The normalized spacial score (nSPS) is 14.4. The van der Waals surface area contributed by atoms with Gasteiger partial charge in [-0.05, 0) is 62.7 Å². The lowest BCUT2D eigenvalue weighted by Crippen LogP contribution is -2.60. The number of nitrogens with one attached hydrogen (secondary N) is 6. The maximum atomic E-state index is 13.9. The fourth-order valence-corrected chi connectivity index (χ4v) is 6.18. The number of carboxylic acid groups (broad SMARTS) is 1. The Balaban J connectivity index is 6.57. The summed E-state index contributed by atoms with van der Waals surface area (Å²) >= 11 is 0. The Morgan fingerprint density at radius 2 is 1.00 bits per heavy atom. The molecule has 0 unspecified atom stereocenters. The van der Waals surface area contributed by atoms with E-state index in [9.17, 15) is 47.9 Å². The number of nitrogens with two attached hydrogens (primary N) is 5. The minimum atomic E-state index is -4.72. The van der Waals surface area contributed by atoms with Crippen LogP contribution in [0.15, 0.2) is 9.98 Å². The first-order chi connectivity index (χ1) is 27.7. The largest absolute Gasteiger partial charge is 0.480 e. The molecule has 0 bridgehead atoms. The fourth-order valence-electron chi connectivity index (χ4n) is 5.59. The van der Waals surface area contributed by atoms with Gasteiger partial charge in [0, 0.05) is 13.1 Å². The van der Waals surface area contributed by atoms with Gasteiger partial charge in [0.05, 0.1) is 12.2 Å². The molecule has 0 saturated carbocycles. The molecule has 6 amide bonds. The number of guanidine groups is 2. The van der Waals surface area contributed by atoms with Crippen LogP contribution < -0.4 is 60.6 Å². The highest BCUT2D eigenvalue weighted by molar-refractivity contribution is 7.51. The smallest absolute Gasteiger partial charge is 0.325 e. The molecule has 0 spiro atoms. The Morgan fingerprint density at radius 3 is 1.42 bits per heavy atom. The van der Waals surface area contributed by atoms with Gasteiger partial charge in [0.1, 0.15) is 36.8 Å². The van der Waals surface area contributed by atoms with Crippen molar-refractivity contribution in [2.45, 2.75) is 123 Å². The molecule has 25 heteroatoms. The Bertz CT molecular complexity index is 1550. The molecule has 0 fully saturated rings. The molecular formula is C35H68N13O11P. The molecule has 0 heterocycles. The average molecular weight is 878 g/mol. The van der Waals surface area contributed by atoms with Crippen molar-refractivity contribution >= 4 is 60.9 Å². The summed E-state index contributed by atoms with van der Waals surface area (Å²) in [4.78, 5) is 119. The van der Waals surface area contributed by atoms with Gasteiger partial charge >= 0.3 is 13.6 Å². The highest BCUT2D eigenvalue weighted by Gasteiger charge is 2.35. The topological polar surface area (TPSA) is 424 Å². The van der Waals surface area contributed by atoms with Crippen LogP contribution >= 0.6 is 7.60 Å². The van der Waals surface area contributed by atoms with E-state index in [0.29, 0.717) is 6.42 Å². The number of carbonyl (C=O) groups excluding carboxylic acids is 6. The Hall–Kier alpha value is -5.06. The molecule has 0 radical (unpaired) electrons. The summed E-state index contributed by atoms with van der Waals surface area (Å²) < 4.78 is 11.8. The minimum absolute atomic E-state index is 0.0411. The van der Waals surface area contributed by atoms with Crippen LogP contribution in [-0.2, 0) is 38.1 Å². The van der Waals surface area contributed by atoms with Gasteiger partial charge in [-0.3, -0.25) is 48.1 Å². The number of rotatable bonds is 29. The predicted octanol–water partition coefficient (Wildman–Crippen LogP) is -3.64. The number of carboxylic acids is 1. The van der Waals surface area contributed by atoms with Crippen LogP contribution in [0.4, 0.5) is 0 Å². The second kappa shape index (κ2) is 27.7. The summed E-state index contributed by atoms with van der Waals surface area (Å²) in [5.74, 6) is -7.54. The van der Waals surface area contributed by atoms with E-state index in [2.05, 4.69) is 41.9 Å². The van der Waals surface area contributed by atoms with E-state index in [1.807, 2.05) is 13.8 Å². The zero-order chi connectivity index (χ0) is 46.3. The number of carbonyl (C=O) groups is 7. The van der Waals surface area contributed by atoms with E-state index in [1.54, 1.807) is 27.7 Å². The predicted molar refractivity (Wildman–Crippen MR) is 223 cm³/mol. The van der Waals surface area contributed by atoms with Crippen molar-refractivity contribution in [1.82, 2.24) is 31.9 Å². The lowest BCUT2D eigenvalue weighted by Gasteiger charge is -2.29. The van der Waals surface area contributed by atoms with Crippen molar-refractivity contribution < 1.29 is 53.0 Å². The van der Waals surface area contributed by atoms with E-state index >= 15 is 0 Å². The molecule has 19 N–H and O–H groups in total. The first kappa shape index (κ1) is 54.9. The average Bonchev–Trinajstić information content (AvgIpc) is 3.11. The summed E-state index contributed by atoms with van der Waals surface area (Å²) in [5.41, 5.74) is 27.8. The molecule has 24 nitrogen and oxygen atoms in total. The molecule has 6 atom stereocenters. The molecule has 0 aromatic heterocycles.